The van der Waals surface area contributed by atoms with Crippen LogP contribution in [-0.2, 0) is 15.9 Å². The van der Waals surface area contributed by atoms with E-state index in [0.29, 0.717) is 25.7 Å². The number of carbonyl (C=O) groups excluding carboxylic acids is 1. The zero-order valence-electron chi connectivity index (χ0n) is 17.9. The predicted octanol–water partition coefficient (Wildman–Crippen LogP) is 2.46. The molecule has 3 aliphatic rings. The van der Waals surface area contributed by atoms with Crippen LogP contribution < -0.4 is 20.7 Å². The Hall–Kier alpha value is -1.99. The Balaban J connectivity index is 1.55. The van der Waals surface area contributed by atoms with E-state index in [1.807, 2.05) is 20.8 Å². The Labute approximate surface area is 172 Å². The Morgan fingerprint density at radius 2 is 2.17 bits per heavy atom. The van der Waals surface area contributed by atoms with Crippen molar-refractivity contribution in [2.75, 3.05) is 31.2 Å². The van der Waals surface area contributed by atoms with Crippen LogP contribution in [0, 0.1) is 5.92 Å². The molecule has 3 unspecified atom stereocenters. The molecule has 0 bridgehead atoms. The number of hydrogen-bond acceptors (Lipinski definition) is 6. The summed E-state index contributed by atoms with van der Waals surface area (Å²) < 4.78 is 17.6. The van der Waals surface area contributed by atoms with Gasteiger partial charge in [0.1, 0.15) is 23.6 Å². The summed E-state index contributed by atoms with van der Waals surface area (Å²) in [5, 5.41) is 3.09. The molecular weight excluding hydrogens is 370 g/mol. The highest BCUT2D eigenvalue weighted by atomic mass is 16.6. The van der Waals surface area contributed by atoms with Gasteiger partial charge in [-0.3, -0.25) is 0 Å². The monoisotopic (exact) mass is 403 g/mol. The number of fused-ring (bicyclic) bond motifs is 1. The van der Waals surface area contributed by atoms with Crippen molar-refractivity contribution in [2.45, 2.75) is 63.8 Å². The topological polar surface area (TPSA) is 86.0 Å². The quantitative estimate of drug-likeness (QED) is 0.789. The fourth-order valence-electron chi connectivity index (χ4n) is 4.70. The van der Waals surface area contributed by atoms with Gasteiger partial charge in [-0.1, -0.05) is 13.0 Å². The summed E-state index contributed by atoms with van der Waals surface area (Å²) in [7, 11) is 0. The molecule has 1 aromatic carbocycles. The summed E-state index contributed by atoms with van der Waals surface area (Å²) in [5.41, 5.74) is 7.29. The van der Waals surface area contributed by atoms with Crippen molar-refractivity contribution in [3.8, 4) is 5.75 Å². The molecule has 3 aliphatic heterocycles. The molecule has 0 aromatic heterocycles. The van der Waals surface area contributed by atoms with Crippen LogP contribution in [0.1, 0.15) is 39.7 Å². The SMILES string of the molecule is CC1CCOC12CN(c1ccc3c(c1)OC[C@H](N)C3)CC2NC(=O)OC(C)(C)C. The van der Waals surface area contributed by atoms with E-state index >= 15 is 0 Å². The average molecular weight is 404 g/mol. The number of carbonyl (C=O) groups is 1. The number of rotatable bonds is 2. The minimum Gasteiger partial charge on any atom is -0.492 e. The number of ether oxygens (including phenoxy) is 3. The summed E-state index contributed by atoms with van der Waals surface area (Å²) in [6.07, 6.45) is 1.43. The predicted molar refractivity (Wildman–Crippen MR) is 111 cm³/mol. The molecule has 0 radical (unpaired) electrons. The molecule has 0 saturated carbocycles. The maximum absolute atomic E-state index is 12.5. The minimum absolute atomic E-state index is 0.0542. The Morgan fingerprint density at radius 3 is 2.86 bits per heavy atom. The molecule has 4 atom stereocenters. The first-order valence-electron chi connectivity index (χ1n) is 10.6. The van der Waals surface area contributed by atoms with Crippen LogP contribution in [-0.4, -0.2) is 55.7 Å². The van der Waals surface area contributed by atoms with Gasteiger partial charge in [0.15, 0.2) is 0 Å². The lowest BCUT2D eigenvalue weighted by molar-refractivity contribution is -0.0238. The molecule has 0 aliphatic carbocycles. The van der Waals surface area contributed by atoms with Gasteiger partial charge in [-0.15, -0.1) is 0 Å². The van der Waals surface area contributed by atoms with E-state index in [0.717, 1.165) is 36.4 Å². The number of benzene rings is 1. The van der Waals surface area contributed by atoms with Crippen molar-refractivity contribution >= 4 is 11.8 Å². The summed E-state index contributed by atoms with van der Waals surface area (Å²) in [4.78, 5) is 14.8. The number of anilines is 1. The molecule has 2 fully saturated rings. The molecule has 160 valence electrons. The van der Waals surface area contributed by atoms with E-state index < -0.39 is 17.3 Å². The third-order valence-corrected chi connectivity index (χ3v) is 6.23. The summed E-state index contributed by atoms with van der Waals surface area (Å²) in [6, 6.07) is 6.22. The van der Waals surface area contributed by atoms with Crippen molar-refractivity contribution < 1.29 is 19.0 Å². The molecule has 1 spiro atoms. The van der Waals surface area contributed by atoms with Gasteiger partial charge in [-0.2, -0.15) is 0 Å². The molecule has 29 heavy (non-hydrogen) atoms. The molecule has 3 N–H and O–H groups in total. The molecule has 2 saturated heterocycles. The van der Waals surface area contributed by atoms with Crippen LogP contribution in [0.2, 0.25) is 0 Å². The number of alkyl carbamates (subject to hydrolysis) is 1. The van der Waals surface area contributed by atoms with E-state index in [1.165, 1.54) is 0 Å². The standard InChI is InChI=1S/C22H33N3O4/c1-14-7-8-28-22(14)13-25(11-19(22)24-20(26)29-21(2,3)4)17-6-5-15-9-16(23)12-27-18(15)10-17/h5-6,10,14,16,19H,7-9,11-13,23H2,1-4H3,(H,24,26)/t14?,16-,19?,22?/m1/s1. The third kappa shape index (κ3) is 4.03. The van der Waals surface area contributed by atoms with Crippen LogP contribution in [0.5, 0.6) is 5.75 Å². The summed E-state index contributed by atoms with van der Waals surface area (Å²) in [5.74, 6) is 1.25. The van der Waals surface area contributed by atoms with Crippen LogP contribution >= 0.6 is 0 Å². The van der Waals surface area contributed by atoms with Crippen LogP contribution in [0.15, 0.2) is 18.2 Å². The first-order chi connectivity index (χ1) is 13.7. The highest BCUT2D eigenvalue weighted by molar-refractivity contribution is 5.69. The number of amides is 1. The fraction of sp³-hybridized carbons (Fsp3) is 0.682. The maximum Gasteiger partial charge on any atom is 0.408 e. The highest BCUT2D eigenvalue weighted by Gasteiger charge is 2.55. The van der Waals surface area contributed by atoms with E-state index in [9.17, 15) is 4.79 Å². The van der Waals surface area contributed by atoms with Crippen LogP contribution in [0.3, 0.4) is 0 Å². The smallest absolute Gasteiger partial charge is 0.408 e. The number of nitrogens with one attached hydrogen (secondary N) is 1. The summed E-state index contributed by atoms with van der Waals surface area (Å²) >= 11 is 0. The molecule has 1 amide bonds. The van der Waals surface area contributed by atoms with Crippen LogP contribution in [0.4, 0.5) is 10.5 Å². The molecule has 7 heteroatoms. The second kappa shape index (κ2) is 7.36. The normalized spacial score (nSPS) is 31.5. The number of nitrogens with two attached hydrogens (primary N) is 1. The zero-order valence-corrected chi connectivity index (χ0v) is 17.9. The first kappa shape index (κ1) is 20.3. The Bertz CT molecular complexity index is 778. The van der Waals surface area contributed by atoms with Crippen molar-refractivity contribution in [3.05, 3.63) is 23.8 Å². The van der Waals surface area contributed by atoms with E-state index in [2.05, 4.69) is 35.3 Å². The lowest BCUT2D eigenvalue weighted by atomic mass is 9.85. The molecule has 7 nitrogen and oxygen atoms in total. The molecule has 3 heterocycles. The second-order valence-corrected chi connectivity index (χ2v) is 9.64. The molecular formula is C22H33N3O4. The second-order valence-electron chi connectivity index (χ2n) is 9.64. The third-order valence-electron chi connectivity index (χ3n) is 6.23. The Kier molecular flexibility index (Phi) is 5.15. The van der Waals surface area contributed by atoms with Crippen molar-refractivity contribution in [2.24, 2.45) is 11.7 Å². The van der Waals surface area contributed by atoms with Crippen molar-refractivity contribution in [3.63, 3.8) is 0 Å². The van der Waals surface area contributed by atoms with Gasteiger partial charge in [0.2, 0.25) is 0 Å². The lowest BCUT2D eigenvalue weighted by Gasteiger charge is -2.34. The fourth-order valence-corrected chi connectivity index (χ4v) is 4.70. The van der Waals surface area contributed by atoms with E-state index in [1.54, 1.807) is 0 Å². The van der Waals surface area contributed by atoms with Gasteiger partial charge >= 0.3 is 6.09 Å². The van der Waals surface area contributed by atoms with Gasteiger partial charge in [0, 0.05) is 37.5 Å². The number of nitrogens with zero attached hydrogens (tertiary/aromatic N) is 1. The molecule has 1 aromatic rings. The lowest BCUT2D eigenvalue weighted by Crippen LogP contribution is -2.55. The number of hydrogen-bond donors (Lipinski definition) is 2. The van der Waals surface area contributed by atoms with Crippen LogP contribution in [0.25, 0.3) is 0 Å². The zero-order chi connectivity index (χ0) is 20.8. The summed E-state index contributed by atoms with van der Waals surface area (Å²) in [6.45, 7) is 10.5. The minimum atomic E-state index is -0.533. The first-order valence-corrected chi connectivity index (χ1v) is 10.6. The van der Waals surface area contributed by atoms with E-state index in [-0.39, 0.29) is 12.1 Å². The highest BCUT2D eigenvalue weighted by Crippen LogP contribution is 2.42. The van der Waals surface area contributed by atoms with Gasteiger partial charge in [-0.05, 0) is 51.2 Å². The molecule has 4 rings (SSSR count). The Morgan fingerprint density at radius 1 is 1.38 bits per heavy atom. The van der Waals surface area contributed by atoms with Gasteiger partial charge < -0.3 is 30.2 Å². The van der Waals surface area contributed by atoms with Gasteiger partial charge in [-0.25, -0.2) is 4.79 Å². The average Bonchev–Trinajstić information content (AvgIpc) is 3.17. The largest absolute Gasteiger partial charge is 0.492 e. The van der Waals surface area contributed by atoms with Crippen molar-refractivity contribution in [1.29, 1.82) is 0 Å². The maximum atomic E-state index is 12.5. The van der Waals surface area contributed by atoms with E-state index in [4.69, 9.17) is 19.9 Å². The van der Waals surface area contributed by atoms with Crippen molar-refractivity contribution in [1.82, 2.24) is 5.32 Å². The van der Waals surface area contributed by atoms with Gasteiger partial charge in [0.25, 0.3) is 0 Å². The van der Waals surface area contributed by atoms with Gasteiger partial charge in [0.05, 0.1) is 6.04 Å².